The molecule has 0 aliphatic carbocycles. The van der Waals surface area contributed by atoms with Crippen molar-refractivity contribution in [2.24, 2.45) is 0 Å². The molecule has 2 heterocycles. The summed E-state index contributed by atoms with van der Waals surface area (Å²) in [5.41, 5.74) is -0.534. The topological polar surface area (TPSA) is 103 Å². The van der Waals surface area contributed by atoms with Gasteiger partial charge >= 0.3 is 5.97 Å². The van der Waals surface area contributed by atoms with Gasteiger partial charge in [-0.05, 0) is 19.1 Å². The number of carboxylic acids is 1. The van der Waals surface area contributed by atoms with E-state index in [4.69, 9.17) is 14.0 Å². The Bertz CT molecular complexity index is 679. The average Bonchev–Trinajstić information content (AvgIpc) is 2.93. The van der Waals surface area contributed by atoms with Crippen LogP contribution in [0.5, 0.6) is 0 Å². The van der Waals surface area contributed by atoms with Crippen molar-refractivity contribution in [1.29, 1.82) is 0 Å². The minimum Gasteiger partial charge on any atom is -0.475 e. The fraction of sp³-hybridized carbons (Fsp3) is 0.182. The molecule has 0 atom stereocenters. The first-order chi connectivity index (χ1) is 8.97. The predicted molar refractivity (Wildman–Crippen MR) is 64.7 cm³/mol. The number of aromatic carboxylic acids is 1. The highest BCUT2D eigenvalue weighted by Gasteiger charge is 2.14. The van der Waals surface area contributed by atoms with Crippen molar-refractivity contribution < 1.29 is 23.6 Å². The maximum Gasteiger partial charge on any atom is 0.371 e. The van der Waals surface area contributed by atoms with E-state index in [0.29, 0.717) is 10.5 Å². The monoisotopic (exact) mass is 283 g/mol. The zero-order chi connectivity index (χ0) is 14.0. The molecule has 100 valence electrons. The highest BCUT2D eigenvalue weighted by atomic mass is 32.2. The normalized spacial score (nSPS) is 10.6. The smallest absolute Gasteiger partial charge is 0.371 e. The second-order valence-corrected chi connectivity index (χ2v) is 4.56. The quantitative estimate of drug-likeness (QED) is 0.847. The van der Waals surface area contributed by atoms with E-state index >= 15 is 0 Å². The number of carboxylic acid groups (broad SMARTS) is 1. The summed E-state index contributed by atoms with van der Waals surface area (Å²) in [5.74, 6) is -1.69. The van der Waals surface area contributed by atoms with E-state index in [2.05, 4.69) is 0 Å². The molecule has 0 aliphatic heterocycles. The van der Waals surface area contributed by atoms with Gasteiger partial charge in [0.15, 0.2) is 5.09 Å². The lowest BCUT2D eigenvalue weighted by Crippen LogP contribution is -2.23. The van der Waals surface area contributed by atoms with Crippen molar-refractivity contribution >= 4 is 23.6 Å². The van der Waals surface area contributed by atoms with Crippen LogP contribution in [0.3, 0.4) is 0 Å². The Labute approximate surface area is 110 Å². The van der Waals surface area contributed by atoms with Crippen LogP contribution in [-0.2, 0) is 0 Å². The highest BCUT2D eigenvalue weighted by molar-refractivity contribution is 7.99. The molecule has 0 saturated heterocycles. The molecule has 0 saturated carbocycles. The first kappa shape index (κ1) is 13.2. The van der Waals surface area contributed by atoms with Crippen molar-refractivity contribution in [1.82, 2.24) is 4.74 Å². The van der Waals surface area contributed by atoms with Crippen molar-refractivity contribution in [2.45, 2.75) is 12.0 Å². The fourth-order valence-electron chi connectivity index (χ4n) is 1.33. The molecule has 7 nitrogen and oxygen atoms in total. The van der Waals surface area contributed by atoms with Crippen LogP contribution in [0.4, 0.5) is 0 Å². The third-order valence-electron chi connectivity index (χ3n) is 2.12. The number of aryl methyl sites for hydroxylation is 1. The lowest BCUT2D eigenvalue weighted by atomic mass is 10.5. The van der Waals surface area contributed by atoms with Crippen molar-refractivity contribution in [2.75, 3.05) is 5.75 Å². The van der Waals surface area contributed by atoms with Gasteiger partial charge in [0.2, 0.25) is 5.76 Å². The zero-order valence-corrected chi connectivity index (χ0v) is 10.6. The summed E-state index contributed by atoms with van der Waals surface area (Å²) in [4.78, 5) is 33.6. The molecular weight excluding hydrogens is 274 g/mol. The summed E-state index contributed by atoms with van der Waals surface area (Å²) < 4.78 is 10.5. The van der Waals surface area contributed by atoms with E-state index in [1.807, 2.05) is 0 Å². The highest BCUT2D eigenvalue weighted by Crippen LogP contribution is 2.21. The van der Waals surface area contributed by atoms with Gasteiger partial charge in [0.05, 0.1) is 5.75 Å². The molecule has 0 spiro atoms. The molecule has 2 aromatic heterocycles. The Morgan fingerprint density at radius 1 is 1.42 bits per heavy atom. The van der Waals surface area contributed by atoms with Gasteiger partial charge in [0.25, 0.3) is 11.5 Å². The van der Waals surface area contributed by atoms with E-state index in [-0.39, 0.29) is 16.6 Å². The number of carbonyl (C=O) groups is 2. The van der Waals surface area contributed by atoms with Gasteiger partial charge in [-0.3, -0.25) is 9.59 Å². The van der Waals surface area contributed by atoms with Crippen LogP contribution in [0.25, 0.3) is 0 Å². The molecule has 1 N–H and O–H groups in total. The van der Waals surface area contributed by atoms with E-state index in [1.54, 1.807) is 6.92 Å². The molecule has 2 aromatic rings. The summed E-state index contributed by atoms with van der Waals surface area (Å²) in [6, 6.07) is 3.94. The van der Waals surface area contributed by atoms with Gasteiger partial charge in [-0.15, -0.1) is 4.74 Å². The van der Waals surface area contributed by atoms with Crippen LogP contribution in [0.2, 0.25) is 0 Å². The van der Waals surface area contributed by atoms with Crippen LogP contribution < -0.4 is 5.56 Å². The first-order valence-electron chi connectivity index (χ1n) is 5.16. The Kier molecular flexibility index (Phi) is 3.61. The van der Waals surface area contributed by atoms with Crippen LogP contribution in [-0.4, -0.2) is 27.5 Å². The zero-order valence-electron chi connectivity index (χ0n) is 9.78. The Hall–Kier alpha value is -2.22. The average molecular weight is 283 g/mol. The van der Waals surface area contributed by atoms with E-state index in [1.165, 1.54) is 18.2 Å². The molecule has 8 heteroatoms. The van der Waals surface area contributed by atoms with Gasteiger partial charge in [-0.25, -0.2) is 4.79 Å². The minimum absolute atomic E-state index is 0.0978. The lowest BCUT2D eigenvalue weighted by molar-refractivity contribution is 0.0656. The number of carbonyl (C=O) groups excluding carboxylic acids is 1. The summed E-state index contributed by atoms with van der Waals surface area (Å²) in [7, 11) is 0. The van der Waals surface area contributed by atoms with Gasteiger partial charge in [-0.2, -0.15) is 0 Å². The number of hydrogen-bond donors (Lipinski definition) is 1. The maximum atomic E-state index is 11.7. The Morgan fingerprint density at radius 2 is 2.16 bits per heavy atom. The number of hydrogen-bond acceptors (Lipinski definition) is 6. The molecule has 0 bridgehead atoms. The summed E-state index contributed by atoms with van der Waals surface area (Å²) in [5, 5.41) is 8.94. The number of thioether (sulfide) groups is 1. The number of rotatable bonds is 4. The second-order valence-electron chi connectivity index (χ2n) is 3.59. The van der Waals surface area contributed by atoms with Crippen molar-refractivity contribution in [3.63, 3.8) is 0 Å². The van der Waals surface area contributed by atoms with E-state index < -0.39 is 17.4 Å². The third kappa shape index (κ3) is 2.97. The van der Waals surface area contributed by atoms with Gasteiger partial charge in [0.1, 0.15) is 5.76 Å². The third-order valence-corrected chi connectivity index (χ3v) is 3.01. The lowest BCUT2D eigenvalue weighted by Gasteiger charge is -1.97. The molecule has 0 fully saturated rings. The largest absolute Gasteiger partial charge is 0.475 e. The van der Waals surface area contributed by atoms with Crippen LogP contribution in [0.15, 0.2) is 37.0 Å². The van der Waals surface area contributed by atoms with E-state index in [9.17, 15) is 14.4 Å². The Morgan fingerprint density at radius 3 is 2.68 bits per heavy atom. The SMILES string of the molecule is Cc1cc(=O)n(C(=O)CSc2ccc(C(=O)O)o2)o1. The van der Waals surface area contributed by atoms with Crippen molar-refractivity contribution in [3.05, 3.63) is 40.1 Å². The van der Waals surface area contributed by atoms with Crippen LogP contribution in [0.1, 0.15) is 21.1 Å². The molecule has 19 heavy (non-hydrogen) atoms. The molecule has 0 radical (unpaired) electrons. The molecule has 2 rings (SSSR count). The molecule has 0 unspecified atom stereocenters. The Balaban J connectivity index is 2.02. The molecule has 0 aliphatic rings. The summed E-state index contributed by atoms with van der Waals surface area (Å²) >= 11 is 0.980. The van der Waals surface area contributed by atoms with Crippen LogP contribution in [0, 0.1) is 6.92 Å². The molecular formula is C11H9NO6S. The standard InChI is InChI=1S/C11H9NO6S/c1-6-4-8(13)12(18-6)9(14)5-19-10-3-2-7(17-10)11(15)16/h2-4H,5H2,1H3,(H,15,16). The fourth-order valence-corrected chi connectivity index (χ4v) is 2.02. The first-order valence-corrected chi connectivity index (χ1v) is 6.15. The van der Waals surface area contributed by atoms with Gasteiger partial charge in [0, 0.05) is 6.07 Å². The second kappa shape index (κ2) is 5.19. The molecule has 0 amide bonds. The van der Waals surface area contributed by atoms with Crippen molar-refractivity contribution in [3.8, 4) is 0 Å². The number of aromatic nitrogens is 1. The predicted octanol–water partition coefficient (Wildman–Crippen LogP) is 1.47. The summed E-state index contributed by atoms with van der Waals surface area (Å²) in [6.45, 7) is 1.56. The minimum atomic E-state index is -1.18. The van der Waals surface area contributed by atoms with Gasteiger partial charge in [-0.1, -0.05) is 11.8 Å². The maximum absolute atomic E-state index is 11.7. The number of furan rings is 1. The molecule has 0 aromatic carbocycles. The van der Waals surface area contributed by atoms with Crippen LogP contribution >= 0.6 is 11.8 Å². The number of nitrogens with zero attached hydrogens (tertiary/aromatic N) is 1. The van der Waals surface area contributed by atoms with Gasteiger partial charge < -0.3 is 14.0 Å². The summed E-state index contributed by atoms with van der Waals surface area (Å²) in [6.07, 6.45) is 0. The van der Waals surface area contributed by atoms with E-state index in [0.717, 1.165) is 11.8 Å².